The van der Waals surface area contributed by atoms with Crippen LogP contribution >= 0.6 is 23.1 Å². The highest BCUT2D eigenvalue weighted by Gasteiger charge is 2.23. The van der Waals surface area contributed by atoms with Gasteiger partial charge in [0.25, 0.3) is 5.91 Å². The number of carbonyl (C=O) groups excluding carboxylic acids is 1. The molecule has 1 aliphatic rings. The fourth-order valence-corrected chi connectivity index (χ4v) is 5.05. The Morgan fingerprint density at radius 1 is 1.03 bits per heavy atom. The molecule has 4 rings (SSSR count). The van der Waals surface area contributed by atoms with Crippen LogP contribution in [0.5, 0.6) is 0 Å². The first-order chi connectivity index (χ1) is 14.8. The fourth-order valence-electron chi connectivity index (χ4n) is 3.44. The summed E-state index contributed by atoms with van der Waals surface area (Å²) >= 11 is 3.29. The zero-order valence-electron chi connectivity index (χ0n) is 16.8. The third kappa shape index (κ3) is 5.59. The van der Waals surface area contributed by atoms with E-state index in [9.17, 15) is 4.79 Å². The van der Waals surface area contributed by atoms with Gasteiger partial charge in [0, 0.05) is 48.8 Å². The van der Waals surface area contributed by atoms with E-state index in [0.29, 0.717) is 0 Å². The van der Waals surface area contributed by atoms with Gasteiger partial charge in [-0.05, 0) is 17.7 Å². The summed E-state index contributed by atoms with van der Waals surface area (Å²) in [6, 6.07) is 18.3. The monoisotopic (exact) mass is 435 g/mol. The lowest BCUT2D eigenvalue weighted by molar-refractivity contribution is 0.0647. The Balaban J connectivity index is 1.30. The summed E-state index contributed by atoms with van der Waals surface area (Å²) in [6.45, 7) is 4.25. The van der Waals surface area contributed by atoms with Crippen LogP contribution in [0.3, 0.4) is 0 Å². The molecule has 1 aliphatic heterocycles. The molecule has 0 spiro atoms. The summed E-state index contributed by atoms with van der Waals surface area (Å²) in [5.74, 6) is 0.922. The molecule has 2 aromatic carbocycles. The van der Waals surface area contributed by atoms with Crippen molar-refractivity contribution in [2.75, 3.05) is 32.7 Å². The minimum atomic E-state index is 0.135. The summed E-state index contributed by atoms with van der Waals surface area (Å²) in [6.07, 6.45) is 4.37. The smallest absolute Gasteiger partial charge is 0.255 e. The van der Waals surface area contributed by atoms with E-state index >= 15 is 0 Å². The Morgan fingerprint density at radius 2 is 1.80 bits per heavy atom. The van der Waals surface area contributed by atoms with Crippen molar-refractivity contribution in [3.63, 3.8) is 0 Å². The molecule has 0 N–H and O–H groups in total. The Morgan fingerprint density at radius 3 is 2.57 bits per heavy atom. The van der Waals surface area contributed by atoms with Gasteiger partial charge in [-0.1, -0.05) is 54.6 Å². The summed E-state index contributed by atoms with van der Waals surface area (Å²) in [7, 11) is 0. The van der Waals surface area contributed by atoms with Gasteiger partial charge in [0.2, 0.25) is 0 Å². The molecule has 154 valence electrons. The van der Waals surface area contributed by atoms with Crippen molar-refractivity contribution in [1.29, 1.82) is 0 Å². The quantitative estimate of drug-likeness (QED) is 0.494. The van der Waals surface area contributed by atoms with E-state index in [-0.39, 0.29) is 5.91 Å². The summed E-state index contributed by atoms with van der Waals surface area (Å²) < 4.78 is 0. The van der Waals surface area contributed by atoms with Gasteiger partial charge in [-0.15, -0.1) is 23.1 Å². The number of amides is 1. The van der Waals surface area contributed by atoms with Crippen LogP contribution in [0.2, 0.25) is 0 Å². The van der Waals surface area contributed by atoms with Crippen molar-refractivity contribution in [2.24, 2.45) is 0 Å². The average molecular weight is 436 g/mol. The van der Waals surface area contributed by atoms with Gasteiger partial charge in [-0.3, -0.25) is 9.69 Å². The van der Waals surface area contributed by atoms with Gasteiger partial charge in [0.1, 0.15) is 0 Å². The number of hydrogen-bond donors (Lipinski definition) is 0. The van der Waals surface area contributed by atoms with Crippen LogP contribution in [0.1, 0.15) is 21.6 Å². The standard InChI is InChI=1S/C24H25N3OS2/c28-24(22-10-4-5-11-23(22)30-18-21-17-29-19-25-21)27-15-13-26(14-16-27)12-6-9-20-7-2-1-3-8-20/h1-11,17,19H,12-16,18H2. The molecular weight excluding hydrogens is 410 g/mol. The summed E-state index contributed by atoms with van der Waals surface area (Å²) in [5, 5.41) is 2.06. The largest absolute Gasteiger partial charge is 0.336 e. The zero-order valence-corrected chi connectivity index (χ0v) is 18.4. The first-order valence-electron chi connectivity index (χ1n) is 10.1. The van der Waals surface area contributed by atoms with Crippen molar-refractivity contribution < 1.29 is 4.79 Å². The summed E-state index contributed by atoms with van der Waals surface area (Å²) in [5.41, 5.74) is 4.93. The Bertz CT molecular complexity index is 965. The van der Waals surface area contributed by atoms with E-state index in [2.05, 4.69) is 51.7 Å². The molecule has 1 aromatic heterocycles. The van der Waals surface area contributed by atoms with Crippen molar-refractivity contribution in [2.45, 2.75) is 10.6 Å². The summed E-state index contributed by atoms with van der Waals surface area (Å²) in [4.78, 5) is 22.9. The number of thiazole rings is 1. The van der Waals surface area contributed by atoms with Gasteiger partial charge in [0.15, 0.2) is 0 Å². The number of thioether (sulfide) groups is 1. The normalized spacial score (nSPS) is 15.0. The molecule has 0 radical (unpaired) electrons. The molecule has 6 heteroatoms. The maximum Gasteiger partial charge on any atom is 0.255 e. The molecule has 30 heavy (non-hydrogen) atoms. The van der Waals surface area contributed by atoms with Gasteiger partial charge in [-0.25, -0.2) is 4.98 Å². The van der Waals surface area contributed by atoms with Crippen LogP contribution in [0.25, 0.3) is 6.08 Å². The topological polar surface area (TPSA) is 36.4 Å². The second-order valence-corrected chi connectivity index (χ2v) is 8.91. The van der Waals surface area contributed by atoms with Crippen molar-refractivity contribution in [3.05, 3.63) is 88.4 Å². The fraction of sp³-hybridized carbons (Fsp3) is 0.250. The minimum absolute atomic E-state index is 0.135. The van der Waals surface area contributed by atoms with E-state index in [0.717, 1.165) is 54.6 Å². The van der Waals surface area contributed by atoms with Gasteiger partial charge in [0.05, 0.1) is 16.8 Å². The number of piperazine rings is 1. The lowest BCUT2D eigenvalue weighted by atomic mass is 10.1. The van der Waals surface area contributed by atoms with Crippen molar-refractivity contribution >= 4 is 35.1 Å². The molecule has 0 atom stereocenters. The molecule has 3 aromatic rings. The van der Waals surface area contributed by atoms with Crippen LogP contribution in [-0.4, -0.2) is 53.4 Å². The SMILES string of the molecule is O=C(c1ccccc1SCc1cscn1)N1CCN(CC=Cc2ccccc2)CC1. The highest BCUT2D eigenvalue weighted by Crippen LogP contribution is 2.27. The molecule has 0 bridgehead atoms. The van der Waals surface area contributed by atoms with E-state index in [1.54, 1.807) is 23.1 Å². The Labute approximate surface area is 186 Å². The van der Waals surface area contributed by atoms with Crippen LogP contribution in [-0.2, 0) is 5.75 Å². The predicted octanol–water partition coefficient (Wildman–Crippen LogP) is 4.91. The number of rotatable bonds is 7. The third-order valence-corrected chi connectivity index (χ3v) is 6.85. The Hall–Kier alpha value is -2.41. The molecular formula is C24H25N3OS2. The number of hydrogen-bond acceptors (Lipinski definition) is 5. The predicted molar refractivity (Wildman–Crippen MR) is 126 cm³/mol. The third-order valence-electron chi connectivity index (χ3n) is 5.11. The van der Waals surface area contributed by atoms with Crippen LogP contribution in [0.4, 0.5) is 0 Å². The molecule has 1 fully saturated rings. The van der Waals surface area contributed by atoms with E-state index in [1.807, 2.05) is 40.7 Å². The molecule has 2 heterocycles. The van der Waals surface area contributed by atoms with Crippen molar-refractivity contribution in [3.8, 4) is 0 Å². The lowest BCUT2D eigenvalue weighted by Crippen LogP contribution is -2.48. The maximum absolute atomic E-state index is 13.2. The molecule has 1 amide bonds. The minimum Gasteiger partial charge on any atom is -0.336 e. The van der Waals surface area contributed by atoms with E-state index < -0.39 is 0 Å². The zero-order chi connectivity index (χ0) is 20.6. The average Bonchev–Trinajstić information content (AvgIpc) is 3.32. The number of carbonyl (C=O) groups is 1. The lowest BCUT2D eigenvalue weighted by Gasteiger charge is -2.34. The van der Waals surface area contributed by atoms with Crippen LogP contribution < -0.4 is 0 Å². The van der Waals surface area contributed by atoms with E-state index in [4.69, 9.17) is 0 Å². The van der Waals surface area contributed by atoms with Crippen LogP contribution in [0, 0.1) is 0 Å². The number of nitrogens with zero attached hydrogens (tertiary/aromatic N) is 3. The van der Waals surface area contributed by atoms with E-state index in [1.165, 1.54) is 5.56 Å². The molecule has 0 aliphatic carbocycles. The van der Waals surface area contributed by atoms with Gasteiger partial charge >= 0.3 is 0 Å². The second-order valence-electron chi connectivity index (χ2n) is 7.17. The van der Waals surface area contributed by atoms with Crippen molar-refractivity contribution in [1.82, 2.24) is 14.8 Å². The molecule has 1 saturated heterocycles. The maximum atomic E-state index is 13.2. The van der Waals surface area contributed by atoms with Gasteiger partial charge < -0.3 is 4.90 Å². The molecule has 0 unspecified atom stereocenters. The first kappa shape index (κ1) is 20.8. The highest BCUT2D eigenvalue weighted by molar-refractivity contribution is 7.98. The Kier molecular flexibility index (Phi) is 7.34. The first-order valence-corrected chi connectivity index (χ1v) is 12.0. The highest BCUT2D eigenvalue weighted by atomic mass is 32.2. The number of aromatic nitrogens is 1. The second kappa shape index (κ2) is 10.6. The molecule has 0 saturated carbocycles. The molecule has 4 nitrogen and oxygen atoms in total. The van der Waals surface area contributed by atoms with Crippen LogP contribution in [0.15, 0.2) is 76.5 Å². The number of benzene rings is 2. The van der Waals surface area contributed by atoms with Gasteiger partial charge in [-0.2, -0.15) is 0 Å².